The molecule has 110 valence electrons. The van der Waals surface area contributed by atoms with Gasteiger partial charge in [-0.3, -0.25) is 0 Å². The molecular weight excluding hydrogens is 283 g/mol. The van der Waals surface area contributed by atoms with E-state index in [2.05, 4.69) is 10.6 Å². The Morgan fingerprint density at radius 2 is 2.05 bits per heavy atom. The maximum Gasteiger partial charge on any atom is 0.319 e. The van der Waals surface area contributed by atoms with Crippen molar-refractivity contribution in [3.63, 3.8) is 0 Å². The lowest BCUT2D eigenvalue weighted by atomic mass is 9.87. The van der Waals surface area contributed by atoms with E-state index in [1.165, 1.54) is 12.1 Å². The van der Waals surface area contributed by atoms with Crippen LogP contribution in [0.25, 0.3) is 0 Å². The Bertz CT molecular complexity index is 476. The first-order valence-corrected chi connectivity index (χ1v) is 7.09. The van der Waals surface area contributed by atoms with Crippen LogP contribution < -0.4 is 10.6 Å². The minimum absolute atomic E-state index is 0.0770. The van der Waals surface area contributed by atoms with Crippen molar-refractivity contribution < 1.29 is 14.3 Å². The fourth-order valence-electron chi connectivity index (χ4n) is 2.42. The second-order valence-electron chi connectivity index (χ2n) is 5.12. The first-order chi connectivity index (χ1) is 9.58. The van der Waals surface area contributed by atoms with Gasteiger partial charge in [0.1, 0.15) is 5.82 Å². The Morgan fingerprint density at radius 1 is 1.35 bits per heavy atom. The fraction of sp³-hybridized carbons (Fsp3) is 0.500. The third-order valence-corrected chi connectivity index (χ3v) is 3.85. The number of amides is 2. The molecule has 1 aromatic rings. The third-order valence-electron chi connectivity index (χ3n) is 3.62. The molecule has 0 aromatic heterocycles. The summed E-state index contributed by atoms with van der Waals surface area (Å²) in [6, 6.07) is 3.77. The van der Waals surface area contributed by atoms with E-state index >= 15 is 0 Å². The number of urea groups is 1. The molecule has 1 fully saturated rings. The zero-order valence-electron chi connectivity index (χ0n) is 11.0. The first kappa shape index (κ1) is 15.1. The minimum atomic E-state index is -0.559. The predicted molar refractivity (Wildman–Crippen MR) is 76.4 cm³/mol. The Morgan fingerprint density at radius 3 is 2.65 bits per heavy atom. The number of carbonyl (C=O) groups excluding carboxylic acids is 1. The van der Waals surface area contributed by atoms with Crippen LogP contribution in [0, 0.1) is 11.7 Å². The van der Waals surface area contributed by atoms with E-state index in [1.54, 1.807) is 0 Å². The maximum atomic E-state index is 13.5. The Balaban J connectivity index is 1.84. The number of aliphatic hydroxyl groups excluding tert-OH is 1. The molecule has 3 N–H and O–H groups in total. The van der Waals surface area contributed by atoms with Gasteiger partial charge in [-0.05, 0) is 49.8 Å². The Kier molecular flexibility index (Phi) is 5.20. The van der Waals surface area contributed by atoms with Gasteiger partial charge in [-0.2, -0.15) is 0 Å². The Hall–Kier alpha value is -1.33. The monoisotopic (exact) mass is 300 g/mol. The number of aliphatic hydroxyl groups is 1. The van der Waals surface area contributed by atoms with Crippen molar-refractivity contribution in [2.24, 2.45) is 5.92 Å². The lowest BCUT2D eigenvalue weighted by Gasteiger charge is -2.27. The van der Waals surface area contributed by atoms with Gasteiger partial charge in [-0.25, -0.2) is 9.18 Å². The molecule has 0 bridgehead atoms. The number of nitrogens with one attached hydrogen (secondary N) is 2. The molecule has 1 aromatic carbocycles. The van der Waals surface area contributed by atoms with Gasteiger partial charge in [0.25, 0.3) is 0 Å². The molecule has 1 aliphatic rings. The van der Waals surface area contributed by atoms with Crippen molar-refractivity contribution in [2.75, 3.05) is 11.9 Å². The molecular formula is C14H18ClFN2O2. The smallest absolute Gasteiger partial charge is 0.319 e. The van der Waals surface area contributed by atoms with E-state index in [4.69, 9.17) is 16.7 Å². The number of anilines is 1. The average molecular weight is 301 g/mol. The molecule has 6 heteroatoms. The maximum absolute atomic E-state index is 13.5. The van der Waals surface area contributed by atoms with Crippen LogP contribution in [0.1, 0.15) is 25.7 Å². The van der Waals surface area contributed by atoms with E-state index in [0.29, 0.717) is 5.92 Å². The topological polar surface area (TPSA) is 61.4 Å². The van der Waals surface area contributed by atoms with Gasteiger partial charge in [0.2, 0.25) is 0 Å². The second-order valence-corrected chi connectivity index (χ2v) is 5.56. The number of halogens is 2. The zero-order valence-corrected chi connectivity index (χ0v) is 11.8. The number of carbonyl (C=O) groups is 1. The molecule has 1 saturated carbocycles. The highest BCUT2D eigenvalue weighted by Crippen LogP contribution is 2.24. The molecule has 0 heterocycles. The summed E-state index contributed by atoms with van der Waals surface area (Å²) in [5.41, 5.74) is 0.107. The molecule has 0 spiro atoms. The van der Waals surface area contributed by atoms with Crippen LogP contribution in [0.2, 0.25) is 5.02 Å². The van der Waals surface area contributed by atoms with E-state index in [1.807, 2.05) is 0 Å². The van der Waals surface area contributed by atoms with Crippen LogP contribution in [0.15, 0.2) is 18.2 Å². The molecule has 0 radical (unpaired) electrons. The molecule has 0 aliphatic heterocycles. The summed E-state index contributed by atoms with van der Waals surface area (Å²) in [6.07, 6.45) is 3.47. The fourth-order valence-corrected chi connectivity index (χ4v) is 2.58. The minimum Gasteiger partial charge on any atom is -0.396 e. The highest BCUT2D eigenvalue weighted by atomic mass is 35.5. The molecule has 0 unspecified atom stereocenters. The van der Waals surface area contributed by atoms with Crippen LogP contribution in [-0.4, -0.2) is 23.8 Å². The summed E-state index contributed by atoms with van der Waals surface area (Å²) in [5, 5.41) is 14.6. The van der Waals surface area contributed by atoms with Crippen molar-refractivity contribution in [2.45, 2.75) is 31.7 Å². The highest BCUT2D eigenvalue weighted by Gasteiger charge is 2.22. The summed E-state index contributed by atoms with van der Waals surface area (Å²) < 4.78 is 13.5. The molecule has 20 heavy (non-hydrogen) atoms. The quantitative estimate of drug-likeness (QED) is 0.803. The summed E-state index contributed by atoms with van der Waals surface area (Å²) in [7, 11) is 0. The van der Waals surface area contributed by atoms with Crippen LogP contribution in [0.5, 0.6) is 0 Å². The average Bonchev–Trinajstić information content (AvgIpc) is 2.43. The van der Waals surface area contributed by atoms with Crippen LogP contribution in [0.4, 0.5) is 14.9 Å². The van der Waals surface area contributed by atoms with Gasteiger partial charge < -0.3 is 15.7 Å². The third kappa shape index (κ3) is 4.08. The largest absolute Gasteiger partial charge is 0.396 e. The van der Waals surface area contributed by atoms with Gasteiger partial charge in [0.15, 0.2) is 0 Å². The first-order valence-electron chi connectivity index (χ1n) is 6.72. The molecule has 1 aliphatic carbocycles. The van der Waals surface area contributed by atoms with Crippen molar-refractivity contribution in [1.82, 2.24) is 5.32 Å². The lowest BCUT2D eigenvalue weighted by molar-refractivity contribution is 0.176. The summed E-state index contributed by atoms with van der Waals surface area (Å²) in [4.78, 5) is 11.8. The van der Waals surface area contributed by atoms with Crippen LogP contribution in [-0.2, 0) is 0 Å². The molecule has 0 saturated heterocycles. The van der Waals surface area contributed by atoms with Gasteiger partial charge in [-0.1, -0.05) is 11.6 Å². The van der Waals surface area contributed by atoms with E-state index in [9.17, 15) is 9.18 Å². The number of benzene rings is 1. The van der Waals surface area contributed by atoms with Gasteiger partial charge in [-0.15, -0.1) is 0 Å². The standard InChI is InChI=1S/C14H18ClFN2O2/c15-10-3-6-13(12(16)7-10)18-14(20)17-11-4-1-9(8-19)2-5-11/h3,6-7,9,11,19H,1-2,4-5,8H2,(H2,17,18,20). The van der Waals surface area contributed by atoms with Crippen LogP contribution in [0.3, 0.4) is 0 Å². The summed E-state index contributed by atoms with van der Waals surface area (Å²) in [6.45, 7) is 0.203. The molecule has 2 rings (SSSR count). The predicted octanol–water partition coefficient (Wildman–Crippen LogP) is 3.15. The normalized spacial score (nSPS) is 22.4. The van der Waals surface area contributed by atoms with Crippen molar-refractivity contribution in [3.05, 3.63) is 29.0 Å². The number of hydrogen-bond acceptors (Lipinski definition) is 2. The molecule has 2 amide bonds. The van der Waals surface area contributed by atoms with E-state index in [0.717, 1.165) is 31.7 Å². The van der Waals surface area contributed by atoms with E-state index < -0.39 is 11.8 Å². The van der Waals surface area contributed by atoms with Gasteiger partial charge in [0.05, 0.1) is 5.69 Å². The van der Waals surface area contributed by atoms with Crippen molar-refractivity contribution in [3.8, 4) is 0 Å². The van der Waals surface area contributed by atoms with Crippen LogP contribution >= 0.6 is 11.6 Å². The van der Waals surface area contributed by atoms with E-state index in [-0.39, 0.29) is 23.4 Å². The zero-order chi connectivity index (χ0) is 14.5. The SMILES string of the molecule is O=C(Nc1ccc(Cl)cc1F)NC1CCC(CO)CC1. The number of hydrogen-bond donors (Lipinski definition) is 3. The second kappa shape index (κ2) is 6.90. The van der Waals surface area contributed by atoms with Crippen molar-refractivity contribution in [1.29, 1.82) is 0 Å². The highest BCUT2D eigenvalue weighted by molar-refractivity contribution is 6.30. The molecule has 4 nitrogen and oxygen atoms in total. The van der Waals surface area contributed by atoms with Crippen molar-refractivity contribution >= 4 is 23.3 Å². The Labute approximate surface area is 122 Å². The van der Waals surface area contributed by atoms with Gasteiger partial charge in [0, 0.05) is 17.7 Å². The number of rotatable bonds is 3. The lowest BCUT2D eigenvalue weighted by Crippen LogP contribution is -2.40. The summed E-state index contributed by atoms with van der Waals surface area (Å²) >= 11 is 5.65. The summed E-state index contributed by atoms with van der Waals surface area (Å²) in [5.74, 6) is -0.221. The van der Waals surface area contributed by atoms with Gasteiger partial charge >= 0.3 is 6.03 Å². The molecule has 0 atom stereocenters.